The normalized spacial score (nSPS) is 32.1. The van der Waals surface area contributed by atoms with Gasteiger partial charge in [0.25, 0.3) is 10.1 Å². The highest BCUT2D eigenvalue weighted by Gasteiger charge is 2.62. The molecule has 2 heterocycles. The van der Waals surface area contributed by atoms with Crippen LogP contribution in [0.3, 0.4) is 0 Å². The lowest BCUT2D eigenvalue weighted by atomic mass is 9.90. The van der Waals surface area contributed by atoms with Gasteiger partial charge in [-0.15, -0.1) is 6.58 Å². The van der Waals surface area contributed by atoms with Crippen LogP contribution in [0.5, 0.6) is 0 Å². The molecule has 6 rings (SSSR count). The number of carbonyl (C=O) groups is 4. The lowest BCUT2D eigenvalue weighted by Gasteiger charge is -2.34. The van der Waals surface area contributed by atoms with Crippen LogP contribution in [0, 0.1) is 23.7 Å². The summed E-state index contributed by atoms with van der Waals surface area (Å²) in [5.74, 6) is -1.39. The van der Waals surface area contributed by atoms with E-state index in [9.17, 15) is 27.6 Å². The molecule has 0 spiro atoms. The molecule has 47 heavy (non-hydrogen) atoms. The third kappa shape index (κ3) is 7.22. The second-order valence-electron chi connectivity index (χ2n) is 13.2. The van der Waals surface area contributed by atoms with Crippen molar-refractivity contribution < 1.29 is 46.0 Å². The molecule has 13 nitrogen and oxygen atoms in total. The number of hydrogen-bond acceptors (Lipinski definition) is 10. The summed E-state index contributed by atoms with van der Waals surface area (Å²) >= 11 is 3.28. The van der Waals surface area contributed by atoms with Gasteiger partial charge in [-0.1, -0.05) is 22.0 Å². The van der Waals surface area contributed by atoms with Crippen molar-refractivity contribution in [3.05, 3.63) is 41.4 Å². The Kier molecular flexibility index (Phi) is 9.71. The van der Waals surface area contributed by atoms with Crippen LogP contribution < -0.4 is 10.6 Å². The smallest absolute Gasteiger partial charge is 0.408 e. The SMILES string of the molecule is C=C[C@@H]1C[C@]1(NC(=O)[C@@H]1C[C@H](OS(=O)(=O)c2ccc(Br)cc2)CN1C(=O)C(NC(=O)OC1C[C@@H]2C[C@@H]2C1)C1CCOCC1)C(=O)OC. The maximum Gasteiger partial charge on any atom is 0.408 e. The average molecular weight is 739 g/mol. The summed E-state index contributed by atoms with van der Waals surface area (Å²) in [6.45, 7) is 4.28. The van der Waals surface area contributed by atoms with Crippen molar-refractivity contribution in [2.75, 3.05) is 26.9 Å². The molecule has 3 amide bonds. The number of halogens is 1. The van der Waals surface area contributed by atoms with Crippen molar-refractivity contribution in [1.82, 2.24) is 15.5 Å². The van der Waals surface area contributed by atoms with Gasteiger partial charge in [0.1, 0.15) is 23.7 Å². The first-order valence-electron chi connectivity index (χ1n) is 16.0. The van der Waals surface area contributed by atoms with Crippen molar-refractivity contribution in [2.24, 2.45) is 23.7 Å². The number of esters is 1. The van der Waals surface area contributed by atoms with Gasteiger partial charge in [-0.2, -0.15) is 8.42 Å². The van der Waals surface area contributed by atoms with E-state index in [1.807, 2.05) is 0 Å². The first-order valence-corrected chi connectivity index (χ1v) is 18.2. The van der Waals surface area contributed by atoms with E-state index in [0.717, 1.165) is 19.3 Å². The van der Waals surface area contributed by atoms with E-state index in [0.29, 0.717) is 42.4 Å². The number of rotatable bonds is 11. The first kappa shape index (κ1) is 33.9. The number of methoxy groups -OCH3 is 1. The molecule has 3 aliphatic carbocycles. The lowest BCUT2D eigenvalue weighted by molar-refractivity contribution is -0.148. The van der Waals surface area contributed by atoms with E-state index in [4.69, 9.17) is 18.4 Å². The van der Waals surface area contributed by atoms with Gasteiger partial charge in [-0.3, -0.25) is 13.8 Å². The predicted molar refractivity (Wildman–Crippen MR) is 169 cm³/mol. The molecule has 2 saturated heterocycles. The minimum atomic E-state index is -4.27. The Morgan fingerprint density at radius 1 is 1.06 bits per heavy atom. The van der Waals surface area contributed by atoms with E-state index in [2.05, 4.69) is 33.1 Å². The van der Waals surface area contributed by atoms with Gasteiger partial charge in [0, 0.05) is 36.6 Å². The minimum absolute atomic E-state index is 0.0861. The van der Waals surface area contributed by atoms with Gasteiger partial charge in [0.05, 0.1) is 18.1 Å². The van der Waals surface area contributed by atoms with Crippen molar-refractivity contribution in [2.45, 2.75) is 79.7 Å². The molecule has 0 bridgehead atoms. The number of nitrogens with one attached hydrogen (secondary N) is 2. The van der Waals surface area contributed by atoms with Crippen molar-refractivity contribution in [1.29, 1.82) is 0 Å². The van der Waals surface area contributed by atoms with Gasteiger partial charge < -0.3 is 29.7 Å². The third-order valence-electron chi connectivity index (χ3n) is 10.2. The second kappa shape index (κ2) is 13.5. The van der Waals surface area contributed by atoms with Gasteiger partial charge in [0.2, 0.25) is 11.8 Å². The Bertz CT molecular complexity index is 1510. The fourth-order valence-corrected chi connectivity index (χ4v) is 8.70. The molecule has 3 saturated carbocycles. The summed E-state index contributed by atoms with van der Waals surface area (Å²) in [6.07, 6.45) is 3.41. The molecular formula is C32H40BrN3O10S. The maximum absolute atomic E-state index is 14.4. The number of carbonyl (C=O) groups excluding carboxylic acids is 4. The monoisotopic (exact) mass is 737 g/mol. The van der Waals surface area contributed by atoms with Crippen LogP contribution in [0.1, 0.15) is 44.9 Å². The highest BCUT2D eigenvalue weighted by Crippen LogP contribution is 2.52. The molecule has 1 aromatic carbocycles. The Balaban J connectivity index is 1.24. The molecule has 1 aromatic rings. The van der Waals surface area contributed by atoms with Crippen LogP contribution in [0.15, 0.2) is 46.3 Å². The topological polar surface area (TPSA) is 167 Å². The molecule has 2 aliphatic heterocycles. The molecule has 8 atom stereocenters. The number of amides is 3. The van der Waals surface area contributed by atoms with E-state index in [1.165, 1.54) is 24.1 Å². The highest BCUT2D eigenvalue weighted by molar-refractivity contribution is 9.10. The predicted octanol–water partition coefficient (Wildman–Crippen LogP) is 2.68. The van der Waals surface area contributed by atoms with Crippen molar-refractivity contribution >= 4 is 49.9 Å². The van der Waals surface area contributed by atoms with Gasteiger partial charge in [-0.05, 0) is 80.5 Å². The second-order valence-corrected chi connectivity index (χ2v) is 15.7. The van der Waals surface area contributed by atoms with Gasteiger partial charge in [0.15, 0.2) is 0 Å². The summed E-state index contributed by atoms with van der Waals surface area (Å²) in [7, 11) is -3.05. The van der Waals surface area contributed by atoms with Crippen LogP contribution in [0.25, 0.3) is 0 Å². The molecule has 5 fully saturated rings. The van der Waals surface area contributed by atoms with E-state index < -0.39 is 57.7 Å². The zero-order chi connectivity index (χ0) is 33.5. The van der Waals surface area contributed by atoms with Crippen LogP contribution in [-0.4, -0.2) is 93.9 Å². The summed E-state index contributed by atoms with van der Waals surface area (Å²) in [5, 5.41) is 5.55. The molecule has 0 aromatic heterocycles. The van der Waals surface area contributed by atoms with E-state index in [-0.39, 0.29) is 42.2 Å². The Hall–Kier alpha value is -3.01. The molecular weight excluding hydrogens is 698 g/mol. The van der Waals surface area contributed by atoms with Crippen LogP contribution in [-0.2, 0) is 42.9 Å². The minimum Gasteiger partial charge on any atom is -0.467 e. The van der Waals surface area contributed by atoms with E-state index >= 15 is 0 Å². The number of fused-ring (bicyclic) bond motifs is 1. The van der Waals surface area contributed by atoms with Gasteiger partial charge >= 0.3 is 12.1 Å². The fourth-order valence-electron chi connectivity index (χ4n) is 7.36. The summed E-state index contributed by atoms with van der Waals surface area (Å²) in [6, 6.07) is 3.63. The van der Waals surface area contributed by atoms with Crippen LogP contribution in [0.2, 0.25) is 0 Å². The molecule has 0 radical (unpaired) electrons. The average Bonchev–Trinajstić information content (AvgIpc) is 3.87. The van der Waals surface area contributed by atoms with Crippen LogP contribution in [0.4, 0.5) is 4.79 Å². The summed E-state index contributed by atoms with van der Waals surface area (Å²) in [4.78, 5) is 55.3. The quantitative estimate of drug-likeness (QED) is 0.196. The lowest BCUT2D eigenvalue weighted by Crippen LogP contribution is -2.58. The molecule has 15 heteroatoms. The Morgan fingerprint density at radius 2 is 1.74 bits per heavy atom. The first-order chi connectivity index (χ1) is 22.4. The van der Waals surface area contributed by atoms with Gasteiger partial charge in [-0.25, -0.2) is 9.59 Å². The fraction of sp³-hybridized carbons (Fsp3) is 0.625. The summed E-state index contributed by atoms with van der Waals surface area (Å²) < 4.78 is 48.9. The number of benzene rings is 1. The van der Waals surface area contributed by atoms with E-state index in [1.54, 1.807) is 18.2 Å². The van der Waals surface area contributed by atoms with Crippen molar-refractivity contribution in [3.63, 3.8) is 0 Å². The largest absolute Gasteiger partial charge is 0.467 e. The maximum atomic E-state index is 14.4. The number of nitrogens with zero attached hydrogens (tertiary/aromatic N) is 1. The zero-order valence-electron chi connectivity index (χ0n) is 26.1. The number of alkyl carbamates (subject to hydrolysis) is 1. The Morgan fingerprint density at radius 3 is 2.36 bits per heavy atom. The Labute approximate surface area is 282 Å². The number of likely N-dealkylation sites (tertiary alicyclic amines) is 1. The number of ether oxygens (including phenoxy) is 3. The highest BCUT2D eigenvalue weighted by atomic mass is 79.9. The zero-order valence-corrected chi connectivity index (χ0v) is 28.5. The van der Waals surface area contributed by atoms with Crippen molar-refractivity contribution in [3.8, 4) is 0 Å². The molecule has 256 valence electrons. The molecule has 2 N–H and O–H groups in total. The molecule has 2 unspecified atom stereocenters. The standard InChI is InChI=1S/C32H40BrN3O10S/c1-3-21-16-32(21,30(39)43-2)35-28(37)26-15-24(46-47(41,42)25-6-4-22(33)5-7-25)17-36(26)29(38)27(18-8-10-44-11-9-18)34-31(40)45-23-13-19-12-20(19)14-23/h3-7,18-21,23-24,26-27H,1,8-17H2,2H3,(H,34,40)(H,35,37)/t19-,20+,21-,23?,24+,26+,27?,32-/m1/s1. The molecule has 5 aliphatic rings. The summed E-state index contributed by atoms with van der Waals surface area (Å²) in [5.41, 5.74) is -1.34. The third-order valence-corrected chi connectivity index (χ3v) is 12.1. The van der Waals surface area contributed by atoms with Crippen LogP contribution >= 0.6 is 15.9 Å². The number of hydrogen-bond donors (Lipinski definition) is 2.